The van der Waals surface area contributed by atoms with E-state index in [1.54, 1.807) is 18.2 Å². The van der Waals surface area contributed by atoms with Crippen LogP contribution in [0.1, 0.15) is 5.56 Å². The molecule has 0 saturated carbocycles. The highest BCUT2D eigenvalue weighted by atomic mass is 35.5. The van der Waals surface area contributed by atoms with Crippen LogP contribution in [0, 0.1) is 0 Å². The Kier molecular flexibility index (Phi) is 4.71. The van der Waals surface area contributed by atoms with Crippen LogP contribution in [0.15, 0.2) is 47.5 Å². The highest BCUT2D eigenvalue weighted by Crippen LogP contribution is 2.34. The first-order valence-corrected chi connectivity index (χ1v) is 6.58. The van der Waals surface area contributed by atoms with E-state index in [-0.39, 0.29) is 5.96 Å². The summed E-state index contributed by atoms with van der Waals surface area (Å²) in [4.78, 5) is 3.93. The molecule has 0 unspecified atom stereocenters. The molecule has 0 spiro atoms. The molecule has 6 heteroatoms. The van der Waals surface area contributed by atoms with Gasteiger partial charge in [-0.05, 0) is 29.8 Å². The van der Waals surface area contributed by atoms with E-state index in [1.165, 1.54) is 0 Å². The molecule has 0 bridgehead atoms. The zero-order valence-corrected chi connectivity index (χ0v) is 12.0. The summed E-state index contributed by atoms with van der Waals surface area (Å²) in [5, 5.41) is 0.840. The fraction of sp³-hybridized carbons (Fsp3) is 0.0714. The van der Waals surface area contributed by atoms with Crippen LogP contribution in [0.25, 0.3) is 0 Å². The molecule has 0 radical (unpaired) electrons. The van der Waals surface area contributed by atoms with Crippen molar-refractivity contribution >= 4 is 29.2 Å². The largest absolute Gasteiger partial charge is 0.456 e. The quantitative estimate of drug-likeness (QED) is 0.670. The minimum atomic E-state index is 0.0658. The topological polar surface area (TPSA) is 73.6 Å². The van der Waals surface area contributed by atoms with Gasteiger partial charge < -0.3 is 16.2 Å². The third-order valence-corrected chi connectivity index (χ3v) is 3.31. The summed E-state index contributed by atoms with van der Waals surface area (Å²) < 4.78 is 5.67. The zero-order valence-electron chi connectivity index (χ0n) is 10.5. The summed E-state index contributed by atoms with van der Waals surface area (Å²) in [6.45, 7) is 0.431. The number of hydrogen-bond donors (Lipinski definition) is 2. The van der Waals surface area contributed by atoms with E-state index >= 15 is 0 Å². The Labute approximate surface area is 127 Å². The number of nitrogens with two attached hydrogens (primary N) is 2. The van der Waals surface area contributed by atoms with Gasteiger partial charge in [0, 0.05) is 0 Å². The van der Waals surface area contributed by atoms with E-state index in [2.05, 4.69) is 4.99 Å². The maximum Gasteiger partial charge on any atom is 0.186 e. The van der Waals surface area contributed by atoms with Crippen LogP contribution in [0.3, 0.4) is 0 Å². The van der Waals surface area contributed by atoms with Crippen molar-refractivity contribution in [2.45, 2.75) is 6.54 Å². The average molecular weight is 310 g/mol. The fourth-order valence-corrected chi connectivity index (χ4v) is 1.87. The molecular weight excluding hydrogens is 297 g/mol. The highest BCUT2D eigenvalue weighted by Gasteiger charge is 2.06. The van der Waals surface area contributed by atoms with Gasteiger partial charge in [-0.15, -0.1) is 0 Å². The molecule has 0 heterocycles. The van der Waals surface area contributed by atoms with Gasteiger partial charge in [0.05, 0.1) is 11.6 Å². The standard InChI is InChI=1S/C14H13Cl2N3O/c15-11-2-1-3-12(13(11)16)20-10-6-4-9(5-7-10)8-19-14(17)18/h1-7H,8H2,(H4,17,18,19). The smallest absolute Gasteiger partial charge is 0.186 e. The van der Waals surface area contributed by atoms with Gasteiger partial charge in [0.2, 0.25) is 0 Å². The minimum absolute atomic E-state index is 0.0658. The first-order valence-electron chi connectivity index (χ1n) is 5.82. The van der Waals surface area contributed by atoms with Gasteiger partial charge in [0.1, 0.15) is 16.5 Å². The summed E-state index contributed by atoms with van der Waals surface area (Å²) in [5.41, 5.74) is 11.5. The normalized spacial score (nSPS) is 10.1. The second-order valence-electron chi connectivity index (χ2n) is 4.04. The molecule has 2 aromatic carbocycles. The van der Waals surface area contributed by atoms with Crippen LogP contribution >= 0.6 is 23.2 Å². The lowest BCUT2D eigenvalue weighted by Gasteiger charge is -2.08. The molecule has 0 aliphatic carbocycles. The maximum absolute atomic E-state index is 6.06. The molecule has 0 amide bonds. The van der Waals surface area contributed by atoms with Crippen molar-refractivity contribution in [1.29, 1.82) is 0 Å². The van der Waals surface area contributed by atoms with Gasteiger partial charge >= 0.3 is 0 Å². The van der Waals surface area contributed by atoms with Gasteiger partial charge in [0.25, 0.3) is 0 Å². The number of nitrogens with zero attached hydrogens (tertiary/aromatic N) is 1. The van der Waals surface area contributed by atoms with Crippen molar-refractivity contribution < 1.29 is 4.74 Å². The number of aliphatic imine (C=N–C) groups is 1. The average Bonchev–Trinajstić information content (AvgIpc) is 2.43. The van der Waals surface area contributed by atoms with E-state index in [0.29, 0.717) is 28.1 Å². The molecule has 0 aliphatic heterocycles. The Hall–Kier alpha value is -1.91. The molecule has 0 aliphatic rings. The van der Waals surface area contributed by atoms with Gasteiger partial charge in [0.15, 0.2) is 5.96 Å². The molecule has 4 nitrogen and oxygen atoms in total. The number of halogens is 2. The van der Waals surface area contributed by atoms with Crippen LogP contribution in [0.5, 0.6) is 11.5 Å². The first-order chi connectivity index (χ1) is 9.56. The molecule has 4 N–H and O–H groups in total. The Morgan fingerprint density at radius 1 is 1.05 bits per heavy atom. The van der Waals surface area contributed by atoms with Crippen LogP contribution in [-0.4, -0.2) is 5.96 Å². The van der Waals surface area contributed by atoms with Crippen molar-refractivity contribution in [2.75, 3.05) is 0 Å². The maximum atomic E-state index is 6.06. The number of benzene rings is 2. The van der Waals surface area contributed by atoms with Gasteiger partial charge in [-0.3, -0.25) is 0 Å². The molecule has 2 aromatic rings. The fourth-order valence-electron chi connectivity index (χ4n) is 1.54. The summed E-state index contributed by atoms with van der Waals surface area (Å²) in [7, 11) is 0. The zero-order chi connectivity index (χ0) is 14.5. The second-order valence-corrected chi connectivity index (χ2v) is 4.82. The third-order valence-electron chi connectivity index (χ3n) is 2.51. The molecule has 0 saturated heterocycles. The van der Waals surface area contributed by atoms with E-state index < -0.39 is 0 Å². The number of ether oxygens (including phenoxy) is 1. The summed E-state index contributed by atoms with van der Waals surface area (Å²) in [5.74, 6) is 1.23. The third kappa shape index (κ3) is 3.79. The molecule has 0 aromatic heterocycles. The molecule has 104 valence electrons. The summed E-state index contributed by atoms with van der Waals surface area (Å²) in [6.07, 6.45) is 0. The SMILES string of the molecule is NC(N)=NCc1ccc(Oc2cccc(Cl)c2Cl)cc1. The number of hydrogen-bond acceptors (Lipinski definition) is 2. The lowest BCUT2D eigenvalue weighted by atomic mass is 10.2. The van der Waals surface area contributed by atoms with Crippen LogP contribution < -0.4 is 16.2 Å². The Bertz CT molecular complexity index is 623. The predicted octanol–water partition coefficient (Wildman–Crippen LogP) is 3.56. The minimum Gasteiger partial charge on any atom is -0.456 e. The molecule has 0 fully saturated rings. The van der Waals surface area contributed by atoms with Crippen molar-refractivity contribution in [3.05, 3.63) is 58.1 Å². The van der Waals surface area contributed by atoms with Gasteiger partial charge in [-0.25, -0.2) is 4.99 Å². The molecular formula is C14H13Cl2N3O. The van der Waals surface area contributed by atoms with Gasteiger partial charge in [-0.2, -0.15) is 0 Å². The Morgan fingerprint density at radius 2 is 1.75 bits per heavy atom. The molecule has 20 heavy (non-hydrogen) atoms. The highest BCUT2D eigenvalue weighted by molar-refractivity contribution is 6.42. The van der Waals surface area contributed by atoms with E-state index in [4.69, 9.17) is 39.4 Å². The van der Waals surface area contributed by atoms with Crippen molar-refractivity contribution in [3.8, 4) is 11.5 Å². The van der Waals surface area contributed by atoms with E-state index in [9.17, 15) is 0 Å². The van der Waals surface area contributed by atoms with Crippen molar-refractivity contribution in [2.24, 2.45) is 16.5 Å². The summed E-state index contributed by atoms with van der Waals surface area (Å²) in [6, 6.07) is 12.6. The van der Waals surface area contributed by atoms with Crippen molar-refractivity contribution in [3.63, 3.8) is 0 Å². The molecule has 0 atom stereocenters. The van der Waals surface area contributed by atoms with Crippen LogP contribution in [0.2, 0.25) is 10.0 Å². The van der Waals surface area contributed by atoms with Gasteiger partial charge in [-0.1, -0.05) is 41.4 Å². The lowest BCUT2D eigenvalue weighted by molar-refractivity contribution is 0.483. The number of guanidine groups is 1. The van der Waals surface area contributed by atoms with Crippen molar-refractivity contribution in [1.82, 2.24) is 0 Å². The molecule has 2 rings (SSSR count). The second kappa shape index (κ2) is 6.50. The lowest BCUT2D eigenvalue weighted by Crippen LogP contribution is -2.22. The first kappa shape index (κ1) is 14.5. The van der Waals surface area contributed by atoms with Crippen LogP contribution in [0.4, 0.5) is 0 Å². The Morgan fingerprint density at radius 3 is 2.40 bits per heavy atom. The van der Waals surface area contributed by atoms with E-state index in [0.717, 1.165) is 5.56 Å². The monoisotopic (exact) mass is 309 g/mol. The van der Waals surface area contributed by atoms with E-state index in [1.807, 2.05) is 24.3 Å². The predicted molar refractivity (Wildman–Crippen MR) is 82.5 cm³/mol. The number of rotatable bonds is 4. The van der Waals surface area contributed by atoms with Crippen LogP contribution in [-0.2, 0) is 6.54 Å². The Balaban J connectivity index is 2.11. The summed E-state index contributed by atoms with van der Waals surface area (Å²) >= 11 is 12.0.